The minimum absolute atomic E-state index is 0.281. The number of hydrogen-bond donors (Lipinski definition) is 1. The highest BCUT2D eigenvalue weighted by Crippen LogP contribution is 2.16. The standard InChI is InChI=1S/C17H29N3O/c1-15(2)5-8-20-10-9-19(14-17(20)6-11-21)13-16-4-3-7-18-12-16/h3-4,7,12,15,17,21H,5-6,8-11,13-14H2,1-2H3/t17-/m1/s1. The largest absolute Gasteiger partial charge is 0.396 e. The normalized spacial score (nSPS) is 21.0. The first kappa shape index (κ1) is 16.4. The molecular weight excluding hydrogens is 262 g/mol. The van der Waals surface area contributed by atoms with Crippen molar-refractivity contribution in [3.63, 3.8) is 0 Å². The van der Waals surface area contributed by atoms with Gasteiger partial charge >= 0.3 is 0 Å². The molecule has 1 atom stereocenters. The van der Waals surface area contributed by atoms with Gasteiger partial charge in [0.05, 0.1) is 0 Å². The van der Waals surface area contributed by atoms with E-state index in [-0.39, 0.29) is 6.61 Å². The molecule has 1 N–H and O–H groups in total. The van der Waals surface area contributed by atoms with Crippen molar-refractivity contribution in [3.8, 4) is 0 Å². The van der Waals surface area contributed by atoms with Gasteiger partial charge in [0.1, 0.15) is 0 Å². The summed E-state index contributed by atoms with van der Waals surface area (Å²) in [6.07, 6.45) is 5.89. The third-order valence-electron chi connectivity index (χ3n) is 4.27. The van der Waals surface area contributed by atoms with E-state index in [1.807, 2.05) is 18.5 Å². The molecule has 0 saturated carbocycles. The highest BCUT2D eigenvalue weighted by molar-refractivity contribution is 5.08. The Kier molecular flexibility index (Phi) is 6.61. The van der Waals surface area contributed by atoms with E-state index in [1.54, 1.807) is 0 Å². The van der Waals surface area contributed by atoms with Gasteiger partial charge in [-0.15, -0.1) is 0 Å². The molecule has 21 heavy (non-hydrogen) atoms. The quantitative estimate of drug-likeness (QED) is 0.834. The summed E-state index contributed by atoms with van der Waals surface area (Å²) in [5.41, 5.74) is 1.27. The number of aliphatic hydroxyl groups excluding tert-OH is 1. The molecule has 1 aliphatic heterocycles. The Bertz CT molecular complexity index is 396. The summed E-state index contributed by atoms with van der Waals surface area (Å²) in [6.45, 7) is 10.2. The Balaban J connectivity index is 1.88. The molecule has 118 valence electrons. The second kappa shape index (κ2) is 8.47. The van der Waals surface area contributed by atoms with E-state index in [1.165, 1.54) is 12.0 Å². The van der Waals surface area contributed by atoms with Crippen LogP contribution in [-0.2, 0) is 6.54 Å². The van der Waals surface area contributed by atoms with Gasteiger partial charge in [0.15, 0.2) is 0 Å². The SMILES string of the molecule is CC(C)CCN1CCN(Cc2cccnc2)C[C@H]1CCO. The lowest BCUT2D eigenvalue weighted by atomic mass is 10.1. The van der Waals surface area contributed by atoms with Crippen molar-refractivity contribution in [1.82, 2.24) is 14.8 Å². The third kappa shape index (κ3) is 5.38. The smallest absolute Gasteiger partial charge is 0.0446 e. The average molecular weight is 291 g/mol. The van der Waals surface area contributed by atoms with Gasteiger partial charge in [-0.1, -0.05) is 19.9 Å². The van der Waals surface area contributed by atoms with Crippen LogP contribution in [0.25, 0.3) is 0 Å². The fourth-order valence-electron chi connectivity index (χ4n) is 2.99. The van der Waals surface area contributed by atoms with Crippen LogP contribution < -0.4 is 0 Å². The summed E-state index contributed by atoms with van der Waals surface area (Å²) in [6, 6.07) is 4.62. The van der Waals surface area contributed by atoms with E-state index < -0.39 is 0 Å². The second-order valence-electron chi connectivity index (χ2n) is 6.48. The van der Waals surface area contributed by atoms with Crippen molar-refractivity contribution in [2.75, 3.05) is 32.8 Å². The van der Waals surface area contributed by atoms with Gasteiger partial charge in [0.2, 0.25) is 0 Å². The molecule has 0 spiro atoms. The second-order valence-corrected chi connectivity index (χ2v) is 6.48. The molecule has 1 aliphatic rings. The lowest BCUT2D eigenvalue weighted by Gasteiger charge is -2.41. The predicted molar refractivity (Wildman–Crippen MR) is 86.0 cm³/mol. The number of nitrogens with zero attached hydrogens (tertiary/aromatic N) is 3. The first-order valence-corrected chi connectivity index (χ1v) is 8.15. The zero-order valence-corrected chi connectivity index (χ0v) is 13.4. The van der Waals surface area contributed by atoms with Crippen molar-refractivity contribution < 1.29 is 5.11 Å². The maximum Gasteiger partial charge on any atom is 0.0446 e. The summed E-state index contributed by atoms with van der Waals surface area (Å²) in [5, 5.41) is 9.33. The van der Waals surface area contributed by atoms with Crippen molar-refractivity contribution in [2.45, 2.75) is 39.3 Å². The molecule has 4 nitrogen and oxygen atoms in total. The van der Waals surface area contributed by atoms with Crippen LogP contribution in [0, 0.1) is 5.92 Å². The van der Waals surface area contributed by atoms with Crippen LogP contribution in [0.3, 0.4) is 0 Å². The molecule has 0 amide bonds. The summed E-state index contributed by atoms with van der Waals surface area (Å²) in [4.78, 5) is 9.25. The first-order chi connectivity index (χ1) is 10.2. The Morgan fingerprint density at radius 1 is 1.38 bits per heavy atom. The van der Waals surface area contributed by atoms with Crippen LogP contribution in [0.4, 0.5) is 0 Å². The number of pyridine rings is 1. The Hall–Kier alpha value is -0.970. The lowest BCUT2D eigenvalue weighted by Crippen LogP contribution is -2.53. The van der Waals surface area contributed by atoms with Crippen molar-refractivity contribution in [2.24, 2.45) is 5.92 Å². The van der Waals surface area contributed by atoms with Crippen molar-refractivity contribution in [3.05, 3.63) is 30.1 Å². The van der Waals surface area contributed by atoms with Gasteiger partial charge in [-0.25, -0.2) is 0 Å². The Morgan fingerprint density at radius 3 is 2.90 bits per heavy atom. The lowest BCUT2D eigenvalue weighted by molar-refractivity contribution is 0.0523. The van der Waals surface area contributed by atoms with Crippen molar-refractivity contribution in [1.29, 1.82) is 0 Å². The number of hydrogen-bond acceptors (Lipinski definition) is 4. The molecule has 0 unspecified atom stereocenters. The van der Waals surface area contributed by atoms with E-state index in [9.17, 15) is 5.11 Å². The average Bonchev–Trinajstić information content (AvgIpc) is 2.48. The molecule has 1 aromatic heterocycles. The highest BCUT2D eigenvalue weighted by Gasteiger charge is 2.26. The van der Waals surface area contributed by atoms with E-state index in [2.05, 4.69) is 34.7 Å². The zero-order valence-electron chi connectivity index (χ0n) is 13.4. The minimum atomic E-state index is 0.281. The van der Waals surface area contributed by atoms with Crippen LogP contribution in [0.1, 0.15) is 32.3 Å². The van der Waals surface area contributed by atoms with E-state index in [0.717, 1.165) is 45.1 Å². The fraction of sp³-hybridized carbons (Fsp3) is 0.706. The summed E-state index contributed by atoms with van der Waals surface area (Å²) >= 11 is 0. The fourth-order valence-corrected chi connectivity index (χ4v) is 2.99. The van der Waals surface area contributed by atoms with Crippen LogP contribution in [0.15, 0.2) is 24.5 Å². The number of aliphatic hydroxyl groups is 1. The maximum absolute atomic E-state index is 9.33. The van der Waals surface area contributed by atoms with Gasteiger partial charge in [-0.05, 0) is 36.9 Å². The highest BCUT2D eigenvalue weighted by atomic mass is 16.3. The number of piperazine rings is 1. The molecular formula is C17H29N3O. The number of aromatic nitrogens is 1. The summed E-state index contributed by atoms with van der Waals surface area (Å²) in [7, 11) is 0. The van der Waals surface area contributed by atoms with Crippen molar-refractivity contribution >= 4 is 0 Å². The van der Waals surface area contributed by atoms with Crippen LogP contribution in [0.5, 0.6) is 0 Å². The van der Waals surface area contributed by atoms with E-state index >= 15 is 0 Å². The van der Waals surface area contributed by atoms with E-state index in [0.29, 0.717) is 6.04 Å². The molecule has 0 aliphatic carbocycles. The molecule has 0 bridgehead atoms. The molecule has 2 rings (SSSR count). The molecule has 4 heteroatoms. The number of rotatable bonds is 7. The maximum atomic E-state index is 9.33. The topological polar surface area (TPSA) is 39.6 Å². The molecule has 1 fully saturated rings. The molecule has 2 heterocycles. The van der Waals surface area contributed by atoms with Gasteiger partial charge < -0.3 is 5.11 Å². The van der Waals surface area contributed by atoms with Gasteiger partial charge in [-0.2, -0.15) is 0 Å². The van der Waals surface area contributed by atoms with Crippen LogP contribution in [0.2, 0.25) is 0 Å². The molecule has 0 radical (unpaired) electrons. The van der Waals surface area contributed by atoms with Gasteiger partial charge in [0.25, 0.3) is 0 Å². The van der Waals surface area contributed by atoms with E-state index in [4.69, 9.17) is 0 Å². The van der Waals surface area contributed by atoms with Crippen LogP contribution in [-0.4, -0.2) is 58.7 Å². The first-order valence-electron chi connectivity index (χ1n) is 8.15. The summed E-state index contributed by atoms with van der Waals surface area (Å²) in [5.74, 6) is 0.744. The molecule has 1 saturated heterocycles. The predicted octanol–water partition coefficient (Wildman–Crippen LogP) is 2.00. The van der Waals surface area contributed by atoms with Gasteiger partial charge in [0, 0.05) is 51.2 Å². The molecule has 0 aromatic carbocycles. The monoisotopic (exact) mass is 291 g/mol. The molecule has 1 aromatic rings. The third-order valence-corrected chi connectivity index (χ3v) is 4.27. The van der Waals surface area contributed by atoms with Gasteiger partial charge in [-0.3, -0.25) is 14.8 Å². The Labute approximate surface area is 128 Å². The minimum Gasteiger partial charge on any atom is -0.396 e. The van der Waals surface area contributed by atoms with Crippen LogP contribution >= 0.6 is 0 Å². The summed E-state index contributed by atoms with van der Waals surface area (Å²) < 4.78 is 0. The zero-order chi connectivity index (χ0) is 15.1. The Morgan fingerprint density at radius 2 is 2.24 bits per heavy atom.